The van der Waals surface area contributed by atoms with Crippen LogP contribution in [0.4, 0.5) is 5.13 Å². The lowest BCUT2D eigenvalue weighted by Gasteiger charge is -2.18. The van der Waals surface area contributed by atoms with Gasteiger partial charge in [0, 0.05) is 5.56 Å². The van der Waals surface area contributed by atoms with Gasteiger partial charge in [0.15, 0.2) is 0 Å². The number of benzene rings is 1. The van der Waals surface area contributed by atoms with E-state index in [4.69, 9.17) is 0 Å². The Hall–Kier alpha value is -1.75. The molecule has 0 saturated heterocycles. The highest BCUT2D eigenvalue weighted by Crippen LogP contribution is 2.24. The van der Waals surface area contributed by atoms with Gasteiger partial charge in [0.1, 0.15) is 5.01 Å². The minimum Gasteiger partial charge on any atom is -0.296 e. The summed E-state index contributed by atoms with van der Waals surface area (Å²) in [5.41, 5.74) is 3.34. The molecule has 3 rings (SSSR count). The van der Waals surface area contributed by atoms with E-state index >= 15 is 0 Å². The topological polar surface area (TPSA) is 54.9 Å². The summed E-state index contributed by atoms with van der Waals surface area (Å²) in [5, 5.41) is 12.2. The van der Waals surface area contributed by atoms with Crippen molar-refractivity contribution in [3.8, 4) is 0 Å². The first kappa shape index (κ1) is 11.3. The number of hydrogen-bond donors (Lipinski definition) is 1. The van der Waals surface area contributed by atoms with Crippen LogP contribution in [0.3, 0.4) is 0 Å². The third-order valence-corrected chi connectivity index (χ3v) is 4.10. The zero-order chi connectivity index (χ0) is 12.5. The smallest absolute Gasteiger partial charge is 0.257 e. The van der Waals surface area contributed by atoms with E-state index in [0.29, 0.717) is 10.7 Å². The highest BCUT2D eigenvalue weighted by atomic mass is 32.1. The second-order valence-corrected chi connectivity index (χ2v) is 5.35. The first-order valence-corrected chi connectivity index (χ1v) is 6.83. The number of anilines is 1. The first-order chi connectivity index (χ1) is 8.76. The van der Waals surface area contributed by atoms with E-state index in [-0.39, 0.29) is 5.91 Å². The van der Waals surface area contributed by atoms with Crippen LogP contribution in [0.1, 0.15) is 33.4 Å². The van der Waals surface area contributed by atoms with E-state index in [0.717, 1.165) is 24.3 Å². The number of carbonyl (C=O) groups is 1. The summed E-state index contributed by atoms with van der Waals surface area (Å²) in [6.07, 6.45) is 3.05. The van der Waals surface area contributed by atoms with Crippen LogP contribution < -0.4 is 5.32 Å². The summed E-state index contributed by atoms with van der Waals surface area (Å²) < 4.78 is 0. The molecule has 92 valence electrons. The third kappa shape index (κ3) is 2.01. The van der Waals surface area contributed by atoms with Crippen LogP contribution in [-0.4, -0.2) is 16.1 Å². The summed E-state index contributed by atoms with van der Waals surface area (Å²) in [4.78, 5) is 12.0. The molecule has 0 spiro atoms. The molecule has 2 aromatic rings. The van der Waals surface area contributed by atoms with Crippen molar-refractivity contribution in [2.75, 3.05) is 5.32 Å². The molecule has 0 radical (unpaired) electrons. The van der Waals surface area contributed by atoms with Crippen molar-refractivity contribution in [3.63, 3.8) is 0 Å². The monoisotopic (exact) mass is 259 g/mol. The van der Waals surface area contributed by atoms with Crippen LogP contribution in [0.5, 0.6) is 0 Å². The van der Waals surface area contributed by atoms with Gasteiger partial charge in [-0.2, -0.15) is 0 Å². The highest BCUT2D eigenvalue weighted by Gasteiger charge is 2.16. The van der Waals surface area contributed by atoms with Crippen molar-refractivity contribution in [2.45, 2.75) is 26.2 Å². The number of aromatic nitrogens is 2. The van der Waals surface area contributed by atoms with Crippen molar-refractivity contribution in [3.05, 3.63) is 39.9 Å². The standard InChI is InChI=1S/C13H13N3OS/c1-2-11-15-16-13(18-11)14-12(17)10-6-4-8-3-5-9(8)7-10/h4,6-7H,2-3,5H2,1H3,(H,14,16,17). The summed E-state index contributed by atoms with van der Waals surface area (Å²) in [7, 11) is 0. The van der Waals surface area contributed by atoms with Gasteiger partial charge in [-0.3, -0.25) is 10.1 Å². The van der Waals surface area contributed by atoms with Gasteiger partial charge < -0.3 is 0 Å². The average Bonchev–Trinajstić information content (AvgIpc) is 2.78. The molecule has 1 aromatic heterocycles. The number of amides is 1. The molecule has 5 heteroatoms. The predicted octanol–water partition coefficient (Wildman–Crippen LogP) is 2.45. The SMILES string of the molecule is CCc1nnc(NC(=O)c2ccc3c(c2)CC3)s1. The number of carbonyl (C=O) groups excluding carboxylic acids is 1. The van der Waals surface area contributed by atoms with E-state index in [1.807, 2.05) is 25.1 Å². The van der Waals surface area contributed by atoms with Crippen LogP contribution >= 0.6 is 11.3 Å². The molecular formula is C13H13N3OS. The lowest BCUT2D eigenvalue weighted by Crippen LogP contribution is -2.15. The van der Waals surface area contributed by atoms with Gasteiger partial charge in [-0.15, -0.1) is 10.2 Å². The molecule has 18 heavy (non-hydrogen) atoms. The molecule has 0 atom stereocenters. The van der Waals surface area contributed by atoms with Gasteiger partial charge in [-0.25, -0.2) is 0 Å². The van der Waals surface area contributed by atoms with Crippen LogP contribution in [-0.2, 0) is 19.3 Å². The van der Waals surface area contributed by atoms with Gasteiger partial charge >= 0.3 is 0 Å². The molecule has 1 heterocycles. The first-order valence-electron chi connectivity index (χ1n) is 6.02. The van der Waals surface area contributed by atoms with Crippen molar-refractivity contribution < 1.29 is 4.79 Å². The van der Waals surface area contributed by atoms with Crippen molar-refractivity contribution >= 4 is 22.4 Å². The van der Waals surface area contributed by atoms with Crippen molar-refractivity contribution in [2.24, 2.45) is 0 Å². The van der Waals surface area contributed by atoms with Gasteiger partial charge in [0.05, 0.1) is 0 Å². The lowest BCUT2D eigenvalue weighted by atomic mass is 9.87. The molecule has 0 fully saturated rings. The summed E-state index contributed by atoms with van der Waals surface area (Å²) in [5.74, 6) is -0.108. The van der Waals surface area contributed by atoms with Crippen LogP contribution in [0.15, 0.2) is 18.2 Å². The maximum absolute atomic E-state index is 12.0. The molecule has 1 N–H and O–H groups in total. The van der Waals surface area contributed by atoms with E-state index < -0.39 is 0 Å². The molecule has 1 aliphatic carbocycles. The largest absolute Gasteiger partial charge is 0.296 e. The molecule has 1 aromatic carbocycles. The highest BCUT2D eigenvalue weighted by molar-refractivity contribution is 7.15. The fraction of sp³-hybridized carbons (Fsp3) is 0.308. The molecule has 0 unspecified atom stereocenters. The lowest BCUT2D eigenvalue weighted by molar-refractivity contribution is 0.102. The Bertz CT molecular complexity index is 606. The summed E-state index contributed by atoms with van der Waals surface area (Å²) >= 11 is 1.42. The number of nitrogens with one attached hydrogen (secondary N) is 1. The fourth-order valence-corrected chi connectivity index (χ4v) is 2.63. The second-order valence-electron chi connectivity index (χ2n) is 4.29. The summed E-state index contributed by atoms with van der Waals surface area (Å²) in [6.45, 7) is 2.02. The number of nitrogens with zero attached hydrogens (tertiary/aromatic N) is 2. The van der Waals surface area contributed by atoms with Gasteiger partial charge in [-0.05, 0) is 42.5 Å². The molecule has 1 aliphatic rings. The maximum atomic E-state index is 12.0. The number of fused-ring (bicyclic) bond motifs is 1. The molecule has 0 saturated carbocycles. The number of hydrogen-bond acceptors (Lipinski definition) is 4. The van der Waals surface area contributed by atoms with Gasteiger partial charge in [0.2, 0.25) is 5.13 Å². The van der Waals surface area contributed by atoms with Crippen LogP contribution in [0.25, 0.3) is 0 Å². The van der Waals surface area contributed by atoms with Crippen LogP contribution in [0.2, 0.25) is 0 Å². The summed E-state index contributed by atoms with van der Waals surface area (Å²) in [6, 6.07) is 5.87. The quantitative estimate of drug-likeness (QED) is 0.921. The number of aryl methyl sites for hydroxylation is 3. The molecule has 0 aliphatic heterocycles. The van der Waals surface area contributed by atoms with E-state index in [9.17, 15) is 4.79 Å². The molecule has 0 bridgehead atoms. The molecular weight excluding hydrogens is 246 g/mol. The zero-order valence-corrected chi connectivity index (χ0v) is 10.9. The van der Waals surface area contributed by atoms with Crippen molar-refractivity contribution in [1.82, 2.24) is 10.2 Å². The Morgan fingerprint density at radius 3 is 2.78 bits per heavy atom. The van der Waals surface area contributed by atoms with Gasteiger partial charge in [-0.1, -0.05) is 24.3 Å². The minimum absolute atomic E-state index is 0.108. The Balaban J connectivity index is 1.75. The fourth-order valence-electron chi connectivity index (χ4n) is 1.95. The van der Waals surface area contributed by atoms with Crippen LogP contribution in [0, 0.1) is 0 Å². The zero-order valence-electron chi connectivity index (χ0n) is 10.1. The minimum atomic E-state index is -0.108. The van der Waals surface area contributed by atoms with E-state index in [1.54, 1.807) is 0 Å². The van der Waals surface area contributed by atoms with E-state index in [2.05, 4.69) is 15.5 Å². The average molecular weight is 259 g/mol. The normalized spacial score (nSPS) is 12.7. The third-order valence-electron chi connectivity index (χ3n) is 3.12. The predicted molar refractivity (Wildman–Crippen MR) is 71.1 cm³/mol. The van der Waals surface area contributed by atoms with E-state index in [1.165, 1.54) is 22.5 Å². The van der Waals surface area contributed by atoms with Gasteiger partial charge in [0.25, 0.3) is 5.91 Å². The van der Waals surface area contributed by atoms with Crippen molar-refractivity contribution in [1.29, 1.82) is 0 Å². The molecule has 1 amide bonds. The maximum Gasteiger partial charge on any atom is 0.257 e. The number of rotatable bonds is 3. The Morgan fingerprint density at radius 1 is 1.33 bits per heavy atom. The Morgan fingerprint density at radius 2 is 2.17 bits per heavy atom. The second kappa shape index (κ2) is 4.49. The Kier molecular flexibility index (Phi) is 2.83. The molecule has 4 nitrogen and oxygen atoms in total. The Labute approximate surface area is 109 Å².